The summed E-state index contributed by atoms with van der Waals surface area (Å²) in [6.07, 6.45) is 7.24. The van der Waals surface area contributed by atoms with Crippen LogP contribution >= 0.6 is 11.6 Å². The minimum atomic E-state index is -0.498. The van der Waals surface area contributed by atoms with Crippen LogP contribution in [0.1, 0.15) is 37.9 Å². The second-order valence-corrected chi connectivity index (χ2v) is 7.04. The Morgan fingerprint density at radius 1 is 1.29 bits per heavy atom. The molecule has 2 aromatic rings. The largest absolute Gasteiger partial charge is 0.455 e. The highest BCUT2D eigenvalue weighted by molar-refractivity contribution is 6.33. The standard InChI is InChI=1S/C19H21ClN4O4/c20-17-8-6-14(24(26)27)10-16(17)18-9-7-15(28-18)11-22-23-19(25)12-21-13-4-2-1-3-5-13/h6-11,13,21H,1-5,12H2,(H,23,25)/b22-11-. The summed E-state index contributed by atoms with van der Waals surface area (Å²) in [6.45, 7) is 0.217. The van der Waals surface area contributed by atoms with Crippen LogP contribution in [0.25, 0.3) is 11.3 Å². The number of halogens is 1. The average molecular weight is 405 g/mol. The molecule has 1 aliphatic rings. The van der Waals surface area contributed by atoms with Crippen molar-refractivity contribution in [2.75, 3.05) is 6.54 Å². The van der Waals surface area contributed by atoms with E-state index in [1.165, 1.54) is 43.7 Å². The number of nitro benzene ring substituents is 1. The fourth-order valence-electron chi connectivity index (χ4n) is 3.13. The number of carbonyl (C=O) groups excluding carboxylic acids is 1. The third-order valence-corrected chi connectivity index (χ3v) is 4.92. The second-order valence-electron chi connectivity index (χ2n) is 6.63. The molecule has 0 unspecified atom stereocenters. The molecule has 1 fully saturated rings. The third kappa shape index (κ3) is 5.40. The third-order valence-electron chi connectivity index (χ3n) is 4.59. The first kappa shape index (κ1) is 20.0. The maximum Gasteiger partial charge on any atom is 0.270 e. The van der Waals surface area contributed by atoms with E-state index >= 15 is 0 Å². The van der Waals surface area contributed by atoms with Crippen molar-refractivity contribution in [3.8, 4) is 11.3 Å². The Kier molecular flexibility index (Phi) is 6.78. The first-order chi connectivity index (χ1) is 13.5. The summed E-state index contributed by atoms with van der Waals surface area (Å²) in [5, 5.41) is 18.4. The van der Waals surface area contributed by atoms with Crippen LogP contribution in [0, 0.1) is 10.1 Å². The smallest absolute Gasteiger partial charge is 0.270 e. The monoisotopic (exact) mass is 404 g/mol. The second kappa shape index (κ2) is 9.48. The number of benzene rings is 1. The van der Waals surface area contributed by atoms with Crippen LogP contribution in [0.15, 0.2) is 39.9 Å². The van der Waals surface area contributed by atoms with Crippen molar-refractivity contribution >= 4 is 29.4 Å². The number of non-ortho nitro benzene ring substituents is 1. The fraction of sp³-hybridized carbons (Fsp3) is 0.368. The zero-order chi connectivity index (χ0) is 19.9. The van der Waals surface area contributed by atoms with Crippen LogP contribution < -0.4 is 10.7 Å². The van der Waals surface area contributed by atoms with Gasteiger partial charge in [0.1, 0.15) is 11.5 Å². The lowest BCUT2D eigenvalue weighted by atomic mass is 9.95. The predicted molar refractivity (Wildman–Crippen MR) is 106 cm³/mol. The maximum absolute atomic E-state index is 11.8. The predicted octanol–water partition coefficient (Wildman–Crippen LogP) is 3.88. The molecule has 3 rings (SSSR count). The average Bonchev–Trinajstić information content (AvgIpc) is 3.16. The van der Waals surface area contributed by atoms with Gasteiger partial charge in [-0.05, 0) is 31.0 Å². The first-order valence-electron chi connectivity index (χ1n) is 9.12. The Bertz CT molecular complexity index is 875. The number of rotatable bonds is 7. The molecular formula is C19H21ClN4O4. The quantitative estimate of drug-likeness (QED) is 0.413. The zero-order valence-corrected chi connectivity index (χ0v) is 15.9. The molecule has 9 heteroatoms. The van der Waals surface area contributed by atoms with E-state index in [0.29, 0.717) is 28.1 Å². The van der Waals surface area contributed by atoms with Crippen LogP contribution in [-0.2, 0) is 4.79 Å². The van der Waals surface area contributed by atoms with Crippen molar-refractivity contribution < 1.29 is 14.1 Å². The minimum absolute atomic E-state index is 0.0799. The number of hydrazone groups is 1. The van der Waals surface area contributed by atoms with Crippen molar-refractivity contribution in [2.24, 2.45) is 5.10 Å². The van der Waals surface area contributed by atoms with Gasteiger partial charge >= 0.3 is 0 Å². The minimum Gasteiger partial charge on any atom is -0.455 e. The van der Waals surface area contributed by atoms with Gasteiger partial charge in [0.15, 0.2) is 0 Å². The Balaban J connectivity index is 1.55. The molecule has 1 aromatic carbocycles. The normalized spacial score (nSPS) is 15.0. The van der Waals surface area contributed by atoms with E-state index in [-0.39, 0.29) is 18.1 Å². The first-order valence-corrected chi connectivity index (χ1v) is 9.50. The van der Waals surface area contributed by atoms with Gasteiger partial charge in [0.25, 0.3) is 11.6 Å². The number of hydrogen-bond donors (Lipinski definition) is 2. The van der Waals surface area contributed by atoms with Crippen LogP contribution in [0.5, 0.6) is 0 Å². The molecule has 8 nitrogen and oxygen atoms in total. The number of nitrogens with one attached hydrogen (secondary N) is 2. The van der Waals surface area contributed by atoms with E-state index in [1.54, 1.807) is 12.1 Å². The lowest BCUT2D eigenvalue weighted by molar-refractivity contribution is -0.384. The topological polar surface area (TPSA) is 110 Å². The van der Waals surface area contributed by atoms with Gasteiger partial charge in [-0.2, -0.15) is 5.10 Å². The number of carbonyl (C=O) groups is 1. The SMILES string of the molecule is O=C(CNC1CCCCC1)N/N=C\c1ccc(-c2cc([N+](=O)[O-])ccc2Cl)o1. The van der Waals surface area contributed by atoms with Crippen LogP contribution in [0.2, 0.25) is 5.02 Å². The summed E-state index contributed by atoms with van der Waals surface area (Å²) in [6, 6.07) is 7.80. The molecule has 2 N–H and O–H groups in total. The fourth-order valence-corrected chi connectivity index (χ4v) is 3.34. The van der Waals surface area contributed by atoms with E-state index in [4.69, 9.17) is 16.0 Å². The maximum atomic E-state index is 11.8. The van der Waals surface area contributed by atoms with Crippen molar-refractivity contribution in [3.63, 3.8) is 0 Å². The Morgan fingerprint density at radius 2 is 2.07 bits per heavy atom. The highest BCUT2D eigenvalue weighted by Gasteiger charge is 2.15. The molecular weight excluding hydrogens is 384 g/mol. The molecule has 148 valence electrons. The zero-order valence-electron chi connectivity index (χ0n) is 15.2. The molecule has 1 saturated carbocycles. The van der Waals surface area contributed by atoms with Gasteiger partial charge in [0.05, 0.1) is 22.7 Å². The number of amides is 1. The Labute approximate surface area is 167 Å². The molecule has 0 radical (unpaired) electrons. The summed E-state index contributed by atoms with van der Waals surface area (Å²) in [7, 11) is 0. The van der Waals surface area contributed by atoms with Crippen LogP contribution in [0.3, 0.4) is 0 Å². The molecule has 0 aliphatic heterocycles. The van der Waals surface area contributed by atoms with E-state index in [1.807, 2.05) is 0 Å². The molecule has 1 aromatic heterocycles. The molecule has 0 saturated heterocycles. The van der Waals surface area contributed by atoms with Gasteiger partial charge in [-0.3, -0.25) is 14.9 Å². The van der Waals surface area contributed by atoms with Crippen molar-refractivity contribution in [3.05, 3.63) is 51.2 Å². The lowest BCUT2D eigenvalue weighted by Gasteiger charge is -2.22. The summed E-state index contributed by atoms with van der Waals surface area (Å²) in [4.78, 5) is 22.3. The van der Waals surface area contributed by atoms with E-state index in [9.17, 15) is 14.9 Å². The van der Waals surface area contributed by atoms with Crippen LogP contribution in [-0.4, -0.2) is 29.6 Å². The highest BCUT2D eigenvalue weighted by atomic mass is 35.5. The van der Waals surface area contributed by atoms with Crippen molar-refractivity contribution in [1.29, 1.82) is 0 Å². The van der Waals surface area contributed by atoms with Crippen molar-refractivity contribution in [2.45, 2.75) is 38.1 Å². The van der Waals surface area contributed by atoms with Gasteiger partial charge in [-0.1, -0.05) is 30.9 Å². The summed E-state index contributed by atoms with van der Waals surface area (Å²) < 4.78 is 5.60. The van der Waals surface area contributed by atoms with E-state index in [0.717, 1.165) is 12.8 Å². The molecule has 0 bridgehead atoms. The Morgan fingerprint density at radius 3 is 2.82 bits per heavy atom. The molecule has 1 amide bonds. The number of nitrogens with zero attached hydrogens (tertiary/aromatic N) is 2. The van der Waals surface area contributed by atoms with Gasteiger partial charge in [-0.15, -0.1) is 0 Å². The summed E-state index contributed by atoms with van der Waals surface area (Å²) in [5.74, 6) is 0.536. The van der Waals surface area contributed by atoms with Crippen molar-refractivity contribution in [1.82, 2.24) is 10.7 Å². The Hall–Kier alpha value is -2.71. The van der Waals surface area contributed by atoms with E-state index < -0.39 is 4.92 Å². The number of nitro groups is 1. The molecule has 28 heavy (non-hydrogen) atoms. The molecule has 1 heterocycles. The highest BCUT2D eigenvalue weighted by Crippen LogP contribution is 2.32. The summed E-state index contributed by atoms with van der Waals surface area (Å²) in [5.41, 5.74) is 2.78. The van der Waals surface area contributed by atoms with Gasteiger partial charge in [-0.25, -0.2) is 5.43 Å². The van der Waals surface area contributed by atoms with Crippen LogP contribution in [0.4, 0.5) is 5.69 Å². The lowest BCUT2D eigenvalue weighted by Crippen LogP contribution is -2.38. The van der Waals surface area contributed by atoms with E-state index in [2.05, 4.69) is 15.8 Å². The van der Waals surface area contributed by atoms with Gasteiger partial charge < -0.3 is 9.73 Å². The number of furan rings is 1. The molecule has 0 spiro atoms. The molecule has 1 aliphatic carbocycles. The summed E-state index contributed by atoms with van der Waals surface area (Å²) >= 11 is 6.11. The van der Waals surface area contributed by atoms with Gasteiger partial charge in [0, 0.05) is 23.7 Å². The number of hydrogen-bond acceptors (Lipinski definition) is 6. The molecule has 0 atom stereocenters. The van der Waals surface area contributed by atoms with Gasteiger partial charge in [0.2, 0.25) is 0 Å².